The van der Waals surface area contributed by atoms with Crippen molar-refractivity contribution >= 4 is 5.97 Å². The van der Waals surface area contributed by atoms with Crippen LogP contribution < -0.4 is 4.74 Å². The van der Waals surface area contributed by atoms with Crippen molar-refractivity contribution in [3.63, 3.8) is 0 Å². The Morgan fingerprint density at radius 1 is 1.41 bits per heavy atom. The molecule has 124 valence electrons. The Balaban J connectivity index is 0.00000116. The smallest absolute Gasteiger partial charge is 0.395 e. The van der Waals surface area contributed by atoms with Crippen LogP contribution in [0.1, 0.15) is 44.6 Å². The third kappa shape index (κ3) is 3.69. The van der Waals surface area contributed by atoms with Crippen molar-refractivity contribution in [3.05, 3.63) is 23.9 Å². The number of nitrogens with zero attached hydrogens (tertiary/aromatic N) is 1. The summed E-state index contributed by atoms with van der Waals surface area (Å²) in [6, 6.07) is 2.89. The van der Waals surface area contributed by atoms with Crippen molar-refractivity contribution in [3.8, 4) is 5.88 Å². The molecule has 22 heavy (non-hydrogen) atoms. The van der Waals surface area contributed by atoms with E-state index in [1.165, 1.54) is 25.4 Å². The first-order valence-corrected chi connectivity index (χ1v) is 7.08. The van der Waals surface area contributed by atoms with Gasteiger partial charge in [-0.1, -0.05) is 19.9 Å². The Labute approximate surface area is 127 Å². The maximum atomic E-state index is 13.2. The van der Waals surface area contributed by atoms with Gasteiger partial charge in [0.2, 0.25) is 5.88 Å². The van der Waals surface area contributed by atoms with E-state index in [1.54, 1.807) is 0 Å². The molecule has 1 atom stereocenters. The van der Waals surface area contributed by atoms with Gasteiger partial charge in [0.1, 0.15) is 0 Å². The van der Waals surface area contributed by atoms with Gasteiger partial charge in [-0.05, 0) is 18.4 Å². The standard InChI is InChI=1S/C13H14F3NO3.C2H6/c1-20-10-3-2-8(7-17-10)9(6-11(18)19)12(4-5-12)13(14,15)16;1-2/h2-3,7,9H,4-6H2,1H3,(H,18,19);1-2H3. The number of aliphatic carboxylic acids is 1. The number of alkyl halides is 3. The molecule has 1 heterocycles. The van der Waals surface area contributed by atoms with Gasteiger partial charge >= 0.3 is 12.1 Å². The van der Waals surface area contributed by atoms with Gasteiger partial charge in [0.25, 0.3) is 0 Å². The molecule has 0 aliphatic heterocycles. The highest BCUT2D eigenvalue weighted by Crippen LogP contribution is 2.66. The molecule has 7 heteroatoms. The zero-order valence-corrected chi connectivity index (χ0v) is 12.8. The molecule has 0 spiro atoms. The maximum absolute atomic E-state index is 13.2. The molecule has 0 aromatic carbocycles. The Morgan fingerprint density at radius 3 is 2.32 bits per heavy atom. The molecule has 2 rings (SSSR count). The number of hydrogen-bond acceptors (Lipinski definition) is 3. The second kappa shape index (κ2) is 6.98. The lowest BCUT2D eigenvalue weighted by Crippen LogP contribution is -2.32. The minimum atomic E-state index is -4.41. The summed E-state index contributed by atoms with van der Waals surface area (Å²) in [5.41, 5.74) is -1.65. The van der Waals surface area contributed by atoms with Crippen molar-refractivity contribution in [2.45, 2.75) is 45.2 Å². The van der Waals surface area contributed by atoms with Crippen LogP contribution in [0.15, 0.2) is 18.3 Å². The molecule has 0 radical (unpaired) electrons. The fraction of sp³-hybridized carbons (Fsp3) is 0.600. The normalized spacial score (nSPS) is 17.0. The first-order valence-electron chi connectivity index (χ1n) is 7.08. The summed E-state index contributed by atoms with van der Waals surface area (Å²) in [5, 5.41) is 8.89. The molecule has 1 aromatic heterocycles. The molecule has 0 amide bonds. The molecule has 1 aromatic rings. The number of pyridine rings is 1. The highest BCUT2D eigenvalue weighted by Gasteiger charge is 2.67. The van der Waals surface area contributed by atoms with Crippen LogP contribution in [0.25, 0.3) is 0 Å². The number of carboxylic acid groups (broad SMARTS) is 1. The number of carbonyl (C=O) groups is 1. The largest absolute Gasteiger partial charge is 0.481 e. The number of aromatic nitrogens is 1. The minimum absolute atomic E-state index is 0.0412. The number of halogens is 3. The third-order valence-electron chi connectivity index (χ3n) is 3.77. The summed E-state index contributed by atoms with van der Waals surface area (Å²) >= 11 is 0. The predicted octanol–water partition coefficient (Wildman–Crippen LogP) is 4.02. The Bertz CT molecular complexity index is 496. The van der Waals surface area contributed by atoms with E-state index in [-0.39, 0.29) is 24.3 Å². The number of hydrogen-bond donors (Lipinski definition) is 1. The first-order chi connectivity index (χ1) is 10.3. The molecular formula is C15H20F3NO3. The summed E-state index contributed by atoms with van der Waals surface area (Å²) in [7, 11) is 1.40. The van der Waals surface area contributed by atoms with Crippen LogP contribution in [-0.2, 0) is 4.79 Å². The van der Waals surface area contributed by atoms with E-state index < -0.39 is 29.9 Å². The van der Waals surface area contributed by atoms with E-state index in [0.29, 0.717) is 0 Å². The lowest BCUT2D eigenvalue weighted by molar-refractivity contribution is -0.195. The van der Waals surface area contributed by atoms with Crippen molar-refractivity contribution in [2.75, 3.05) is 7.11 Å². The van der Waals surface area contributed by atoms with Gasteiger partial charge in [0.05, 0.1) is 18.9 Å². The van der Waals surface area contributed by atoms with Crippen molar-refractivity contribution in [2.24, 2.45) is 5.41 Å². The monoisotopic (exact) mass is 319 g/mol. The lowest BCUT2D eigenvalue weighted by atomic mass is 9.81. The molecular weight excluding hydrogens is 299 g/mol. The molecule has 1 aliphatic carbocycles. The zero-order valence-electron chi connectivity index (χ0n) is 12.8. The van der Waals surface area contributed by atoms with E-state index in [1.807, 2.05) is 13.8 Å². The lowest BCUT2D eigenvalue weighted by Gasteiger charge is -2.28. The third-order valence-corrected chi connectivity index (χ3v) is 3.77. The highest BCUT2D eigenvalue weighted by atomic mass is 19.4. The summed E-state index contributed by atoms with van der Waals surface area (Å²) < 4.78 is 44.4. The molecule has 1 N–H and O–H groups in total. The van der Waals surface area contributed by atoms with Crippen molar-refractivity contribution in [1.82, 2.24) is 4.98 Å². The SMILES string of the molecule is CC.COc1ccc(C(CC(=O)O)C2(C(F)(F)F)CC2)cn1. The summed E-state index contributed by atoms with van der Waals surface area (Å²) in [6.07, 6.45) is -3.79. The number of carboxylic acids is 1. The molecule has 0 saturated heterocycles. The van der Waals surface area contributed by atoms with Gasteiger partial charge < -0.3 is 9.84 Å². The molecule has 1 aliphatic rings. The number of methoxy groups -OCH3 is 1. The van der Waals surface area contributed by atoms with Gasteiger partial charge in [0, 0.05) is 18.2 Å². The highest BCUT2D eigenvalue weighted by molar-refractivity contribution is 5.68. The summed E-state index contributed by atoms with van der Waals surface area (Å²) in [4.78, 5) is 14.8. The topological polar surface area (TPSA) is 59.4 Å². The van der Waals surface area contributed by atoms with Crippen LogP contribution in [-0.4, -0.2) is 29.3 Å². The van der Waals surface area contributed by atoms with E-state index >= 15 is 0 Å². The molecule has 1 unspecified atom stereocenters. The van der Waals surface area contributed by atoms with Gasteiger partial charge in [-0.2, -0.15) is 13.2 Å². The van der Waals surface area contributed by atoms with Gasteiger partial charge in [-0.3, -0.25) is 4.79 Å². The summed E-state index contributed by atoms with van der Waals surface area (Å²) in [6.45, 7) is 4.00. The second-order valence-electron chi connectivity index (χ2n) is 4.94. The fourth-order valence-electron chi connectivity index (χ4n) is 2.49. The first kappa shape index (κ1) is 18.3. The van der Waals surface area contributed by atoms with Crippen LogP contribution in [0, 0.1) is 5.41 Å². The van der Waals surface area contributed by atoms with Crippen molar-refractivity contribution < 1.29 is 27.8 Å². The maximum Gasteiger partial charge on any atom is 0.395 e. The zero-order chi connectivity index (χ0) is 17.0. The number of ether oxygens (including phenoxy) is 1. The Hall–Kier alpha value is -1.79. The van der Waals surface area contributed by atoms with Crippen molar-refractivity contribution in [1.29, 1.82) is 0 Å². The molecule has 4 nitrogen and oxygen atoms in total. The average Bonchev–Trinajstić information content (AvgIpc) is 3.28. The Kier molecular flexibility index (Phi) is 5.79. The van der Waals surface area contributed by atoms with Crippen LogP contribution in [0.5, 0.6) is 5.88 Å². The van der Waals surface area contributed by atoms with Crippen LogP contribution >= 0.6 is 0 Å². The van der Waals surface area contributed by atoms with E-state index in [4.69, 9.17) is 9.84 Å². The fourth-order valence-corrected chi connectivity index (χ4v) is 2.49. The van der Waals surface area contributed by atoms with Crippen LogP contribution in [0.4, 0.5) is 13.2 Å². The van der Waals surface area contributed by atoms with E-state index in [2.05, 4.69) is 4.98 Å². The molecule has 1 fully saturated rings. The second-order valence-corrected chi connectivity index (χ2v) is 4.94. The summed E-state index contributed by atoms with van der Waals surface area (Å²) in [5.74, 6) is -2.08. The van der Waals surface area contributed by atoms with Gasteiger partial charge in [0.15, 0.2) is 0 Å². The molecule has 1 saturated carbocycles. The van der Waals surface area contributed by atoms with E-state index in [0.717, 1.165) is 0 Å². The van der Waals surface area contributed by atoms with Crippen LogP contribution in [0.2, 0.25) is 0 Å². The minimum Gasteiger partial charge on any atom is -0.481 e. The Morgan fingerprint density at radius 2 is 2.00 bits per heavy atom. The quantitative estimate of drug-likeness (QED) is 0.890. The predicted molar refractivity (Wildman–Crippen MR) is 74.9 cm³/mol. The van der Waals surface area contributed by atoms with Gasteiger partial charge in [-0.15, -0.1) is 0 Å². The van der Waals surface area contributed by atoms with Crippen LogP contribution in [0.3, 0.4) is 0 Å². The molecule has 0 bridgehead atoms. The number of rotatable bonds is 5. The average molecular weight is 319 g/mol. The van der Waals surface area contributed by atoms with E-state index in [9.17, 15) is 18.0 Å². The van der Waals surface area contributed by atoms with Gasteiger partial charge in [-0.25, -0.2) is 4.98 Å².